The highest BCUT2D eigenvalue weighted by atomic mass is 16.6. The largest absolute Gasteiger partial charge is 0.368 e. The quantitative estimate of drug-likeness (QED) is 0.450. The average Bonchev–Trinajstić information content (AvgIpc) is 2.66. The third kappa shape index (κ3) is 2.66. The van der Waals surface area contributed by atoms with E-state index in [1.165, 1.54) is 19.2 Å². The molecule has 9 nitrogen and oxygen atoms in total. The van der Waals surface area contributed by atoms with Crippen LogP contribution in [0.4, 0.5) is 11.4 Å². The van der Waals surface area contributed by atoms with E-state index in [4.69, 9.17) is 5.73 Å². The fourth-order valence-corrected chi connectivity index (χ4v) is 2.01. The van der Waals surface area contributed by atoms with Gasteiger partial charge in [-0.1, -0.05) is 0 Å². The molecule has 0 radical (unpaired) electrons. The molecule has 0 aromatic heterocycles. The molecule has 2 rings (SSSR count). The summed E-state index contributed by atoms with van der Waals surface area (Å²) in [5, 5.41) is 13.7. The highest BCUT2D eigenvalue weighted by Gasteiger charge is 2.37. The Morgan fingerprint density at radius 2 is 2.14 bits per heavy atom. The van der Waals surface area contributed by atoms with Crippen LogP contribution in [0.25, 0.3) is 0 Å². The monoisotopic (exact) mass is 292 g/mol. The lowest BCUT2D eigenvalue weighted by atomic mass is 10.1. The number of likely N-dealkylation sites (tertiary alicyclic amines) is 1. The third-order valence-corrected chi connectivity index (χ3v) is 3.19. The molecule has 1 aliphatic rings. The van der Waals surface area contributed by atoms with Gasteiger partial charge in [-0.05, 0) is 12.1 Å². The predicted molar refractivity (Wildman–Crippen MR) is 71.4 cm³/mol. The van der Waals surface area contributed by atoms with Crippen LogP contribution < -0.4 is 11.1 Å². The predicted octanol–water partition coefficient (Wildman–Crippen LogP) is -0.137. The summed E-state index contributed by atoms with van der Waals surface area (Å²) in [4.78, 5) is 45.5. The van der Waals surface area contributed by atoms with Gasteiger partial charge in [-0.3, -0.25) is 29.4 Å². The molecule has 110 valence electrons. The van der Waals surface area contributed by atoms with Crippen molar-refractivity contribution in [3.8, 4) is 0 Å². The molecule has 1 aromatic rings. The van der Waals surface area contributed by atoms with Crippen molar-refractivity contribution >= 4 is 29.1 Å². The van der Waals surface area contributed by atoms with Crippen LogP contribution in [0, 0.1) is 10.1 Å². The molecule has 1 aliphatic heterocycles. The second-order valence-electron chi connectivity index (χ2n) is 4.55. The number of nitrogens with zero attached hydrogens (tertiary/aromatic N) is 2. The zero-order chi connectivity index (χ0) is 15.7. The highest BCUT2D eigenvalue weighted by Crippen LogP contribution is 2.28. The first kappa shape index (κ1) is 14.4. The topological polar surface area (TPSA) is 136 Å². The Hall–Kier alpha value is -2.97. The zero-order valence-electron chi connectivity index (χ0n) is 11.0. The summed E-state index contributed by atoms with van der Waals surface area (Å²) in [6.45, 7) is 0. The molecule has 1 unspecified atom stereocenters. The zero-order valence-corrected chi connectivity index (χ0v) is 11.0. The number of nitrogens with two attached hydrogens (primary N) is 1. The maximum absolute atomic E-state index is 11.8. The normalized spacial score (nSPS) is 18.0. The van der Waals surface area contributed by atoms with Crippen molar-refractivity contribution < 1.29 is 19.3 Å². The number of hydrogen-bond donors (Lipinski definition) is 2. The van der Waals surface area contributed by atoms with Crippen LogP contribution in [0.5, 0.6) is 0 Å². The number of nitro benzene ring substituents is 1. The summed E-state index contributed by atoms with van der Waals surface area (Å²) in [7, 11) is 1.34. The van der Waals surface area contributed by atoms with Crippen molar-refractivity contribution in [2.45, 2.75) is 12.5 Å². The Labute approximate surface area is 118 Å². The van der Waals surface area contributed by atoms with Crippen molar-refractivity contribution in [3.63, 3.8) is 0 Å². The van der Waals surface area contributed by atoms with E-state index in [0.29, 0.717) is 0 Å². The highest BCUT2D eigenvalue weighted by molar-refractivity contribution is 6.06. The van der Waals surface area contributed by atoms with Crippen LogP contribution in [0.15, 0.2) is 18.2 Å². The summed E-state index contributed by atoms with van der Waals surface area (Å²) in [5.41, 5.74) is 4.71. The van der Waals surface area contributed by atoms with Crippen molar-refractivity contribution in [1.82, 2.24) is 4.90 Å². The van der Waals surface area contributed by atoms with E-state index >= 15 is 0 Å². The van der Waals surface area contributed by atoms with Crippen molar-refractivity contribution in [2.75, 3.05) is 12.4 Å². The molecule has 1 heterocycles. The molecule has 0 aliphatic carbocycles. The Balaban J connectivity index is 2.32. The smallest absolute Gasteiger partial charge is 0.293 e. The summed E-state index contributed by atoms with van der Waals surface area (Å²) >= 11 is 0. The standard InChI is InChI=1S/C12H12N4O5/c1-15-10(17)5-8(12(15)19)14-7-3-2-6(11(13)18)4-9(7)16(20)21/h2-4,8,14H,5H2,1H3,(H2,13,18). The van der Waals surface area contributed by atoms with Crippen LogP contribution in [0.1, 0.15) is 16.8 Å². The van der Waals surface area contributed by atoms with Gasteiger partial charge in [-0.25, -0.2) is 0 Å². The third-order valence-electron chi connectivity index (χ3n) is 3.19. The van der Waals surface area contributed by atoms with Crippen molar-refractivity contribution in [3.05, 3.63) is 33.9 Å². The van der Waals surface area contributed by atoms with Gasteiger partial charge in [0, 0.05) is 18.7 Å². The van der Waals surface area contributed by atoms with Gasteiger partial charge in [-0.2, -0.15) is 0 Å². The number of nitrogens with one attached hydrogen (secondary N) is 1. The molecule has 3 amide bonds. The molecule has 1 fully saturated rings. The molecule has 3 N–H and O–H groups in total. The van der Waals surface area contributed by atoms with Crippen molar-refractivity contribution in [1.29, 1.82) is 0 Å². The molecule has 21 heavy (non-hydrogen) atoms. The minimum absolute atomic E-state index is 0.0156. The first-order valence-corrected chi connectivity index (χ1v) is 5.96. The lowest BCUT2D eigenvalue weighted by Crippen LogP contribution is -2.32. The van der Waals surface area contributed by atoms with Gasteiger partial charge in [0.05, 0.1) is 11.3 Å². The molecular formula is C12H12N4O5. The first-order valence-electron chi connectivity index (χ1n) is 5.96. The van der Waals surface area contributed by atoms with E-state index in [1.807, 2.05) is 0 Å². The number of amides is 3. The summed E-state index contributed by atoms with van der Waals surface area (Å²) in [6.07, 6.45) is -0.0793. The Morgan fingerprint density at radius 1 is 1.48 bits per heavy atom. The van der Waals surface area contributed by atoms with Crippen LogP contribution in [0.3, 0.4) is 0 Å². The van der Waals surface area contributed by atoms with E-state index in [0.717, 1.165) is 11.0 Å². The van der Waals surface area contributed by atoms with Gasteiger partial charge in [-0.15, -0.1) is 0 Å². The van der Waals surface area contributed by atoms with Crippen LogP contribution in [0.2, 0.25) is 0 Å². The summed E-state index contributed by atoms with van der Waals surface area (Å²) in [6, 6.07) is 2.76. The maximum Gasteiger partial charge on any atom is 0.293 e. The van der Waals surface area contributed by atoms with E-state index in [1.54, 1.807) is 0 Å². The van der Waals surface area contributed by atoms with Gasteiger partial charge in [0.2, 0.25) is 11.8 Å². The number of likely N-dealkylation sites (N-methyl/N-ethyl adjacent to an activating group) is 1. The fraction of sp³-hybridized carbons (Fsp3) is 0.250. The van der Waals surface area contributed by atoms with Crippen LogP contribution in [-0.2, 0) is 9.59 Å². The first-order chi connectivity index (χ1) is 9.81. The van der Waals surface area contributed by atoms with Gasteiger partial charge in [0.1, 0.15) is 11.7 Å². The van der Waals surface area contributed by atoms with Crippen molar-refractivity contribution in [2.24, 2.45) is 5.73 Å². The number of benzene rings is 1. The van der Waals surface area contributed by atoms with Gasteiger partial charge in [0.25, 0.3) is 11.6 Å². The van der Waals surface area contributed by atoms with E-state index in [-0.39, 0.29) is 29.3 Å². The molecule has 1 atom stereocenters. The molecule has 9 heteroatoms. The number of imide groups is 1. The molecule has 0 spiro atoms. The molecule has 0 bridgehead atoms. The number of primary amides is 1. The van der Waals surface area contributed by atoms with E-state index in [2.05, 4.69) is 5.32 Å². The Morgan fingerprint density at radius 3 is 2.62 bits per heavy atom. The van der Waals surface area contributed by atoms with Gasteiger partial charge < -0.3 is 11.1 Å². The molecule has 1 aromatic carbocycles. The maximum atomic E-state index is 11.8. The number of hydrogen-bond acceptors (Lipinski definition) is 6. The lowest BCUT2D eigenvalue weighted by molar-refractivity contribution is -0.384. The second kappa shape index (κ2) is 5.19. The number of anilines is 1. The summed E-state index contributed by atoms with van der Waals surface area (Å²) < 4.78 is 0. The number of carbonyl (C=O) groups is 3. The molecular weight excluding hydrogens is 280 g/mol. The minimum Gasteiger partial charge on any atom is -0.368 e. The average molecular weight is 292 g/mol. The SMILES string of the molecule is CN1C(=O)CC(Nc2ccc(C(N)=O)cc2[N+](=O)[O-])C1=O. The summed E-state index contributed by atoms with van der Waals surface area (Å²) in [5.74, 6) is -1.63. The number of rotatable bonds is 4. The Kier molecular flexibility index (Phi) is 3.57. The van der Waals surface area contributed by atoms with Crippen LogP contribution in [-0.4, -0.2) is 40.6 Å². The van der Waals surface area contributed by atoms with E-state index < -0.39 is 22.8 Å². The lowest BCUT2D eigenvalue weighted by Gasteiger charge is -2.12. The van der Waals surface area contributed by atoms with Gasteiger partial charge in [0.15, 0.2) is 0 Å². The fourth-order valence-electron chi connectivity index (χ4n) is 2.01. The molecule has 1 saturated heterocycles. The van der Waals surface area contributed by atoms with Crippen LogP contribution >= 0.6 is 0 Å². The Bertz CT molecular complexity index is 657. The van der Waals surface area contributed by atoms with Gasteiger partial charge >= 0.3 is 0 Å². The minimum atomic E-state index is -0.861. The second-order valence-corrected chi connectivity index (χ2v) is 4.55. The van der Waals surface area contributed by atoms with E-state index in [9.17, 15) is 24.5 Å². The number of carbonyl (C=O) groups excluding carboxylic acids is 3. The number of nitro groups is 1. The molecule has 0 saturated carbocycles.